The fourth-order valence-corrected chi connectivity index (χ4v) is 1.32. The third-order valence-corrected chi connectivity index (χ3v) is 2.35. The van der Waals surface area contributed by atoms with Crippen molar-refractivity contribution in [1.29, 1.82) is 0 Å². The van der Waals surface area contributed by atoms with Crippen LogP contribution in [-0.2, 0) is 10.3 Å². The number of nitro groups is 1. The maximum Gasteiger partial charge on any atom is 0.269 e. The summed E-state index contributed by atoms with van der Waals surface area (Å²) in [5.41, 5.74) is 0.225. The standard InChI is InChI=1S/C9H9NO4/c11-5-9(6-14-9)7-1-3-8(4-2-7)10(12)13/h1-4,11H,5-6H2/t9-/m1/s1. The Balaban J connectivity index is 2.26. The van der Waals surface area contributed by atoms with E-state index >= 15 is 0 Å². The molecule has 2 rings (SSSR count). The van der Waals surface area contributed by atoms with E-state index in [1.165, 1.54) is 12.1 Å². The van der Waals surface area contributed by atoms with Crippen molar-refractivity contribution >= 4 is 5.69 Å². The molecule has 0 amide bonds. The van der Waals surface area contributed by atoms with Crippen LogP contribution in [0.25, 0.3) is 0 Å². The molecule has 14 heavy (non-hydrogen) atoms. The van der Waals surface area contributed by atoms with Crippen LogP contribution in [-0.4, -0.2) is 23.2 Å². The first-order valence-electron chi connectivity index (χ1n) is 4.18. The molecule has 1 aromatic carbocycles. The molecule has 1 aliphatic rings. The number of rotatable bonds is 3. The first kappa shape index (κ1) is 9.11. The van der Waals surface area contributed by atoms with E-state index < -0.39 is 10.5 Å². The molecule has 1 N–H and O–H groups in total. The summed E-state index contributed by atoms with van der Waals surface area (Å²) in [6.07, 6.45) is 0. The topological polar surface area (TPSA) is 75.9 Å². The number of nitro benzene ring substituents is 1. The second-order valence-corrected chi connectivity index (χ2v) is 3.25. The van der Waals surface area contributed by atoms with Gasteiger partial charge in [0.15, 0.2) is 0 Å². The highest BCUT2D eigenvalue weighted by molar-refractivity contribution is 5.37. The number of benzene rings is 1. The molecule has 1 saturated heterocycles. The highest BCUT2D eigenvalue weighted by Crippen LogP contribution is 2.38. The normalized spacial score (nSPS) is 24.6. The van der Waals surface area contributed by atoms with E-state index in [0.29, 0.717) is 6.61 Å². The van der Waals surface area contributed by atoms with Gasteiger partial charge >= 0.3 is 0 Å². The summed E-state index contributed by atoms with van der Waals surface area (Å²) >= 11 is 0. The molecule has 1 fully saturated rings. The lowest BCUT2D eigenvalue weighted by atomic mass is 10.0. The number of hydrogen-bond donors (Lipinski definition) is 1. The molecule has 0 radical (unpaired) electrons. The number of aliphatic hydroxyl groups excluding tert-OH is 1. The van der Waals surface area contributed by atoms with Gasteiger partial charge in [-0.05, 0) is 17.7 Å². The van der Waals surface area contributed by atoms with Crippen molar-refractivity contribution in [2.24, 2.45) is 0 Å². The van der Waals surface area contributed by atoms with Crippen LogP contribution in [0.2, 0.25) is 0 Å². The third-order valence-electron chi connectivity index (χ3n) is 2.35. The zero-order valence-corrected chi connectivity index (χ0v) is 7.34. The van der Waals surface area contributed by atoms with Crippen LogP contribution >= 0.6 is 0 Å². The Morgan fingerprint density at radius 2 is 2.07 bits per heavy atom. The minimum Gasteiger partial charge on any atom is -0.393 e. The minimum atomic E-state index is -0.602. The van der Waals surface area contributed by atoms with Gasteiger partial charge in [0.05, 0.1) is 18.1 Å². The second-order valence-electron chi connectivity index (χ2n) is 3.25. The van der Waals surface area contributed by atoms with Crippen molar-refractivity contribution in [3.8, 4) is 0 Å². The Morgan fingerprint density at radius 3 is 2.43 bits per heavy atom. The van der Waals surface area contributed by atoms with Crippen LogP contribution in [0.3, 0.4) is 0 Å². The van der Waals surface area contributed by atoms with Gasteiger partial charge in [-0.2, -0.15) is 0 Å². The Hall–Kier alpha value is -1.46. The fourth-order valence-electron chi connectivity index (χ4n) is 1.32. The van der Waals surface area contributed by atoms with Gasteiger partial charge in [0.1, 0.15) is 5.60 Å². The van der Waals surface area contributed by atoms with Crippen LogP contribution in [0.5, 0.6) is 0 Å². The summed E-state index contributed by atoms with van der Waals surface area (Å²) in [6.45, 7) is 0.381. The molecule has 0 aliphatic carbocycles. The quantitative estimate of drug-likeness (QED) is 0.440. The van der Waals surface area contributed by atoms with Crippen LogP contribution in [0, 0.1) is 10.1 Å². The summed E-state index contributed by atoms with van der Waals surface area (Å²) < 4.78 is 5.11. The van der Waals surface area contributed by atoms with E-state index in [1.54, 1.807) is 12.1 Å². The molecule has 0 saturated carbocycles. The van der Waals surface area contributed by atoms with Crippen LogP contribution in [0.4, 0.5) is 5.69 Å². The zero-order valence-electron chi connectivity index (χ0n) is 7.34. The molecule has 0 aromatic heterocycles. The van der Waals surface area contributed by atoms with Gasteiger partial charge in [-0.15, -0.1) is 0 Å². The average molecular weight is 195 g/mol. The minimum absolute atomic E-state index is 0.0440. The molecule has 0 bridgehead atoms. The van der Waals surface area contributed by atoms with Crippen molar-refractivity contribution in [3.63, 3.8) is 0 Å². The number of nitrogens with zero attached hydrogens (tertiary/aromatic N) is 1. The smallest absolute Gasteiger partial charge is 0.269 e. The van der Waals surface area contributed by atoms with E-state index in [-0.39, 0.29) is 12.3 Å². The molecule has 5 nitrogen and oxygen atoms in total. The summed E-state index contributed by atoms with van der Waals surface area (Å²) in [6, 6.07) is 6.05. The lowest BCUT2D eigenvalue weighted by molar-refractivity contribution is -0.384. The molecule has 0 spiro atoms. The molecule has 1 heterocycles. The molecule has 1 atom stereocenters. The first-order valence-corrected chi connectivity index (χ1v) is 4.18. The SMILES string of the molecule is O=[N+]([O-])c1ccc([C@@]2(CO)CO2)cc1. The van der Waals surface area contributed by atoms with Crippen LogP contribution in [0.1, 0.15) is 5.56 Å². The Labute approximate surface area is 80.1 Å². The van der Waals surface area contributed by atoms with Gasteiger partial charge in [0.25, 0.3) is 5.69 Å². The van der Waals surface area contributed by atoms with Crippen molar-refractivity contribution < 1.29 is 14.8 Å². The van der Waals surface area contributed by atoms with Crippen molar-refractivity contribution in [3.05, 3.63) is 39.9 Å². The van der Waals surface area contributed by atoms with Gasteiger partial charge in [-0.3, -0.25) is 10.1 Å². The monoisotopic (exact) mass is 195 g/mol. The number of non-ortho nitro benzene ring substituents is 1. The van der Waals surface area contributed by atoms with Gasteiger partial charge < -0.3 is 9.84 Å². The zero-order chi connectivity index (χ0) is 10.2. The van der Waals surface area contributed by atoms with Gasteiger partial charge in [0.2, 0.25) is 0 Å². The van der Waals surface area contributed by atoms with Crippen molar-refractivity contribution in [2.45, 2.75) is 5.60 Å². The maximum absolute atomic E-state index is 10.4. The number of hydrogen-bond acceptors (Lipinski definition) is 4. The van der Waals surface area contributed by atoms with Gasteiger partial charge in [0, 0.05) is 12.1 Å². The summed E-state index contributed by atoms with van der Waals surface area (Å²) in [7, 11) is 0. The lowest BCUT2D eigenvalue weighted by Gasteiger charge is -2.07. The Morgan fingerprint density at radius 1 is 1.50 bits per heavy atom. The molecule has 1 aliphatic heterocycles. The highest BCUT2D eigenvalue weighted by Gasteiger charge is 2.46. The molecule has 74 valence electrons. The predicted molar refractivity (Wildman–Crippen MR) is 47.8 cm³/mol. The van der Waals surface area contributed by atoms with Gasteiger partial charge in [-0.1, -0.05) is 0 Å². The Bertz CT molecular complexity index is 356. The summed E-state index contributed by atoms with van der Waals surface area (Å²) in [5, 5.41) is 19.4. The van der Waals surface area contributed by atoms with Crippen LogP contribution < -0.4 is 0 Å². The molecular formula is C9H9NO4. The number of epoxide rings is 1. The summed E-state index contributed by atoms with van der Waals surface area (Å²) in [5.74, 6) is 0. The summed E-state index contributed by atoms with van der Waals surface area (Å²) in [4.78, 5) is 9.92. The van der Waals surface area contributed by atoms with E-state index in [1.807, 2.05) is 0 Å². The maximum atomic E-state index is 10.4. The second kappa shape index (κ2) is 3.04. The van der Waals surface area contributed by atoms with Crippen LogP contribution in [0.15, 0.2) is 24.3 Å². The lowest BCUT2D eigenvalue weighted by Crippen LogP contribution is -2.13. The molecule has 5 heteroatoms. The van der Waals surface area contributed by atoms with E-state index in [4.69, 9.17) is 9.84 Å². The largest absolute Gasteiger partial charge is 0.393 e. The molecule has 1 aromatic rings. The van der Waals surface area contributed by atoms with Crippen molar-refractivity contribution in [1.82, 2.24) is 0 Å². The van der Waals surface area contributed by atoms with Crippen molar-refractivity contribution in [2.75, 3.05) is 13.2 Å². The van der Waals surface area contributed by atoms with E-state index in [2.05, 4.69) is 0 Å². The van der Waals surface area contributed by atoms with Gasteiger partial charge in [-0.25, -0.2) is 0 Å². The molecule has 0 unspecified atom stereocenters. The van der Waals surface area contributed by atoms with E-state index in [9.17, 15) is 10.1 Å². The average Bonchev–Trinajstić information content (AvgIpc) is 2.99. The highest BCUT2D eigenvalue weighted by atomic mass is 16.6. The first-order chi connectivity index (χ1) is 6.68. The number of aliphatic hydroxyl groups is 1. The Kier molecular flexibility index (Phi) is 1.98. The molecular weight excluding hydrogens is 186 g/mol. The number of ether oxygens (including phenoxy) is 1. The predicted octanol–water partition coefficient (Wildman–Crippen LogP) is 0.813. The van der Waals surface area contributed by atoms with E-state index in [0.717, 1.165) is 5.56 Å². The third kappa shape index (κ3) is 1.36. The fraction of sp³-hybridized carbons (Fsp3) is 0.333.